The van der Waals surface area contributed by atoms with Gasteiger partial charge in [-0.15, -0.1) is 0 Å². The number of anilines is 1. The molecule has 0 bridgehead atoms. The van der Waals surface area contributed by atoms with E-state index in [1.165, 1.54) is 11.3 Å². The first-order valence-electron chi connectivity index (χ1n) is 7.72. The Bertz CT molecular complexity index is 380. The van der Waals surface area contributed by atoms with Crippen molar-refractivity contribution in [2.24, 2.45) is 0 Å². The van der Waals surface area contributed by atoms with Crippen LogP contribution in [0, 0.1) is 6.92 Å². The summed E-state index contributed by atoms with van der Waals surface area (Å²) in [4.78, 5) is 2.42. The third kappa shape index (κ3) is 4.22. The first-order chi connectivity index (χ1) is 9.62. The molecule has 114 valence electrons. The van der Waals surface area contributed by atoms with E-state index in [-0.39, 0.29) is 12.1 Å². The largest absolute Gasteiger partial charge is 0.394 e. The highest BCUT2D eigenvalue weighted by molar-refractivity contribution is 5.52. The van der Waals surface area contributed by atoms with E-state index in [0.29, 0.717) is 0 Å². The average Bonchev–Trinajstić information content (AvgIpc) is 2.49. The van der Waals surface area contributed by atoms with Gasteiger partial charge in [0.05, 0.1) is 6.61 Å². The number of nitrogens with one attached hydrogen (secondary N) is 1. The maximum absolute atomic E-state index is 9.58. The molecule has 1 atom stereocenters. The molecule has 2 N–H and O–H groups in total. The third-order valence-corrected chi connectivity index (χ3v) is 4.43. The number of aliphatic hydroxyl groups excluding tert-OH is 1. The van der Waals surface area contributed by atoms with Crippen LogP contribution in [-0.2, 0) is 0 Å². The van der Waals surface area contributed by atoms with E-state index in [1.54, 1.807) is 0 Å². The maximum Gasteiger partial charge on any atom is 0.0613 e. The van der Waals surface area contributed by atoms with Crippen molar-refractivity contribution in [3.8, 4) is 0 Å². The second kappa shape index (κ2) is 8.28. The van der Waals surface area contributed by atoms with Gasteiger partial charge in [-0.1, -0.05) is 25.1 Å². The van der Waals surface area contributed by atoms with Crippen molar-refractivity contribution in [3.05, 3.63) is 29.8 Å². The molecular weight excluding hydrogens is 248 g/mol. The summed E-state index contributed by atoms with van der Waals surface area (Å²) in [5.41, 5.74) is 2.53. The Morgan fingerprint density at radius 2 is 1.95 bits per heavy atom. The fourth-order valence-corrected chi connectivity index (χ4v) is 2.72. The van der Waals surface area contributed by atoms with Crippen LogP contribution in [0.3, 0.4) is 0 Å². The maximum atomic E-state index is 9.58. The Kier molecular flexibility index (Phi) is 7.03. The summed E-state index contributed by atoms with van der Waals surface area (Å²) in [5, 5.41) is 12.9. The van der Waals surface area contributed by atoms with Crippen LogP contribution in [0.2, 0.25) is 0 Å². The van der Waals surface area contributed by atoms with Crippen LogP contribution in [0.4, 0.5) is 5.69 Å². The van der Waals surface area contributed by atoms with E-state index in [1.807, 2.05) is 7.05 Å². The van der Waals surface area contributed by atoms with Gasteiger partial charge in [0.1, 0.15) is 0 Å². The summed E-state index contributed by atoms with van der Waals surface area (Å²) in [6.45, 7) is 8.74. The van der Waals surface area contributed by atoms with Crippen molar-refractivity contribution in [2.45, 2.75) is 45.6 Å². The number of benzene rings is 1. The molecule has 0 radical (unpaired) electrons. The molecular formula is C17H30N2O. The van der Waals surface area contributed by atoms with Crippen molar-refractivity contribution in [1.29, 1.82) is 0 Å². The standard InChI is InChI=1S/C17H30N2O/c1-5-17(14-20,18-4)12-9-13-19(6-2)16-11-8-7-10-15(16)3/h7-8,10-11,18,20H,5-6,9,12-14H2,1-4H3. The lowest BCUT2D eigenvalue weighted by Gasteiger charge is -2.32. The zero-order valence-electron chi connectivity index (χ0n) is 13.4. The smallest absolute Gasteiger partial charge is 0.0613 e. The van der Waals surface area contributed by atoms with Gasteiger partial charge in [-0.3, -0.25) is 0 Å². The van der Waals surface area contributed by atoms with Crippen LogP contribution in [-0.4, -0.2) is 37.4 Å². The molecule has 0 amide bonds. The number of aryl methyl sites for hydroxylation is 1. The van der Waals surface area contributed by atoms with E-state index < -0.39 is 0 Å². The highest BCUT2D eigenvalue weighted by atomic mass is 16.3. The van der Waals surface area contributed by atoms with Crippen molar-refractivity contribution >= 4 is 5.69 Å². The summed E-state index contributed by atoms with van der Waals surface area (Å²) in [5.74, 6) is 0. The number of nitrogens with zero attached hydrogens (tertiary/aromatic N) is 1. The summed E-state index contributed by atoms with van der Waals surface area (Å²) in [6.07, 6.45) is 3.03. The molecule has 0 aliphatic rings. The quantitative estimate of drug-likeness (QED) is 0.729. The molecule has 0 aromatic heterocycles. The summed E-state index contributed by atoms with van der Waals surface area (Å²) in [7, 11) is 1.94. The average molecular weight is 278 g/mol. The van der Waals surface area contributed by atoms with Crippen molar-refractivity contribution in [1.82, 2.24) is 5.32 Å². The first-order valence-corrected chi connectivity index (χ1v) is 7.72. The summed E-state index contributed by atoms with van der Waals surface area (Å²) < 4.78 is 0. The van der Waals surface area contributed by atoms with Crippen LogP contribution in [0.1, 0.15) is 38.7 Å². The van der Waals surface area contributed by atoms with Crippen molar-refractivity contribution in [2.75, 3.05) is 31.6 Å². The van der Waals surface area contributed by atoms with E-state index >= 15 is 0 Å². The fraction of sp³-hybridized carbons (Fsp3) is 0.647. The van der Waals surface area contributed by atoms with Gasteiger partial charge >= 0.3 is 0 Å². The van der Waals surface area contributed by atoms with Crippen LogP contribution in [0.15, 0.2) is 24.3 Å². The lowest BCUT2D eigenvalue weighted by atomic mass is 9.91. The van der Waals surface area contributed by atoms with Crippen molar-refractivity contribution in [3.63, 3.8) is 0 Å². The molecule has 0 heterocycles. The predicted molar refractivity (Wildman–Crippen MR) is 87.5 cm³/mol. The SMILES string of the molecule is CCN(CCCC(CC)(CO)NC)c1ccccc1C. The van der Waals surface area contributed by atoms with Crippen LogP contribution in [0.5, 0.6) is 0 Å². The third-order valence-electron chi connectivity index (χ3n) is 4.43. The number of hydrogen-bond acceptors (Lipinski definition) is 3. The highest BCUT2D eigenvalue weighted by Crippen LogP contribution is 2.21. The van der Waals surface area contributed by atoms with Gasteiger partial charge in [0.25, 0.3) is 0 Å². The Labute approximate surface area is 124 Å². The van der Waals surface area contributed by atoms with Gasteiger partial charge < -0.3 is 15.3 Å². The van der Waals surface area contributed by atoms with Crippen molar-refractivity contribution < 1.29 is 5.11 Å². The summed E-state index contributed by atoms with van der Waals surface area (Å²) in [6, 6.07) is 8.54. The van der Waals surface area contributed by atoms with E-state index in [2.05, 4.69) is 55.3 Å². The Morgan fingerprint density at radius 1 is 1.25 bits per heavy atom. The second-order valence-electron chi connectivity index (χ2n) is 5.51. The molecule has 0 saturated carbocycles. The van der Waals surface area contributed by atoms with Crippen LogP contribution < -0.4 is 10.2 Å². The van der Waals surface area contributed by atoms with Crippen LogP contribution in [0.25, 0.3) is 0 Å². The zero-order chi connectivity index (χ0) is 15.0. The lowest BCUT2D eigenvalue weighted by molar-refractivity contribution is 0.153. The molecule has 1 aromatic carbocycles. The molecule has 0 aliphatic heterocycles. The molecule has 1 aromatic rings. The van der Waals surface area contributed by atoms with Gasteiger partial charge in [0.2, 0.25) is 0 Å². The molecule has 0 fully saturated rings. The van der Waals surface area contributed by atoms with Gasteiger partial charge in [0.15, 0.2) is 0 Å². The first kappa shape index (κ1) is 17.0. The Balaban J connectivity index is 2.61. The number of aliphatic hydroxyl groups is 1. The van der Waals surface area contributed by atoms with Gasteiger partial charge in [0, 0.05) is 24.3 Å². The molecule has 0 spiro atoms. The van der Waals surface area contributed by atoms with E-state index in [9.17, 15) is 5.11 Å². The van der Waals surface area contributed by atoms with Gasteiger partial charge in [-0.2, -0.15) is 0 Å². The molecule has 3 nitrogen and oxygen atoms in total. The number of para-hydroxylation sites is 1. The number of hydrogen-bond donors (Lipinski definition) is 2. The van der Waals surface area contributed by atoms with Gasteiger partial charge in [-0.25, -0.2) is 0 Å². The van der Waals surface area contributed by atoms with E-state index in [0.717, 1.165) is 32.4 Å². The Hall–Kier alpha value is -1.06. The highest BCUT2D eigenvalue weighted by Gasteiger charge is 2.24. The molecule has 20 heavy (non-hydrogen) atoms. The monoisotopic (exact) mass is 278 g/mol. The number of rotatable bonds is 9. The topological polar surface area (TPSA) is 35.5 Å². The van der Waals surface area contributed by atoms with Gasteiger partial charge in [-0.05, 0) is 51.8 Å². The minimum atomic E-state index is -0.120. The Morgan fingerprint density at radius 3 is 2.45 bits per heavy atom. The zero-order valence-corrected chi connectivity index (χ0v) is 13.4. The molecule has 0 aliphatic carbocycles. The molecule has 1 unspecified atom stereocenters. The minimum Gasteiger partial charge on any atom is -0.394 e. The summed E-state index contributed by atoms with van der Waals surface area (Å²) >= 11 is 0. The minimum absolute atomic E-state index is 0.120. The normalized spacial score (nSPS) is 14.1. The fourth-order valence-electron chi connectivity index (χ4n) is 2.72. The second-order valence-corrected chi connectivity index (χ2v) is 5.51. The van der Waals surface area contributed by atoms with Crippen LogP contribution >= 0.6 is 0 Å². The van der Waals surface area contributed by atoms with E-state index in [4.69, 9.17) is 0 Å². The molecule has 1 rings (SSSR count). The molecule has 3 heteroatoms. The predicted octanol–water partition coefficient (Wildman–Crippen LogP) is 2.96. The lowest BCUT2D eigenvalue weighted by Crippen LogP contribution is -2.46. The molecule has 0 saturated heterocycles. The number of likely N-dealkylation sites (N-methyl/N-ethyl adjacent to an activating group) is 1.